The zero-order chi connectivity index (χ0) is 13.1. The summed E-state index contributed by atoms with van der Waals surface area (Å²) in [4.78, 5) is 0. The highest BCUT2D eigenvalue weighted by Gasteiger charge is 2.31. The SMILES string of the molecule is CNC(Cc1cccc(F)c1Cl)C1CCOC1C. The highest BCUT2D eigenvalue weighted by Crippen LogP contribution is 2.28. The van der Waals surface area contributed by atoms with E-state index in [2.05, 4.69) is 12.2 Å². The zero-order valence-electron chi connectivity index (χ0n) is 10.7. The lowest BCUT2D eigenvalue weighted by Crippen LogP contribution is -2.38. The van der Waals surface area contributed by atoms with Gasteiger partial charge < -0.3 is 10.1 Å². The molecule has 100 valence electrons. The maximum atomic E-state index is 13.4. The third kappa shape index (κ3) is 2.85. The standard InChI is InChI=1S/C14H19ClFNO/c1-9-11(6-7-18-9)13(17-2)8-10-4-3-5-12(16)14(10)15/h3-5,9,11,13,17H,6-8H2,1-2H3. The normalized spacial score (nSPS) is 25.3. The lowest BCUT2D eigenvalue weighted by Gasteiger charge is -2.26. The molecule has 0 spiro atoms. The quantitative estimate of drug-likeness (QED) is 0.909. The molecule has 4 heteroatoms. The van der Waals surface area contributed by atoms with Crippen LogP contribution < -0.4 is 5.32 Å². The van der Waals surface area contributed by atoms with Crippen LogP contribution in [0.5, 0.6) is 0 Å². The first-order valence-corrected chi connectivity index (χ1v) is 6.73. The first kappa shape index (κ1) is 13.8. The predicted molar refractivity (Wildman–Crippen MR) is 71.5 cm³/mol. The van der Waals surface area contributed by atoms with Crippen LogP contribution in [0.4, 0.5) is 4.39 Å². The second-order valence-electron chi connectivity index (χ2n) is 4.84. The van der Waals surface area contributed by atoms with E-state index < -0.39 is 0 Å². The molecule has 1 aromatic carbocycles. The fourth-order valence-electron chi connectivity index (χ4n) is 2.69. The van der Waals surface area contributed by atoms with Gasteiger partial charge in [0.15, 0.2) is 0 Å². The number of benzene rings is 1. The molecule has 0 radical (unpaired) electrons. The molecule has 1 aliphatic heterocycles. The molecule has 1 saturated heterocycles. The van der Waals surface area contributed by atoms with E-state index in [0.29, 0.717) is 5.92 Å². The Bertz CT molecular complexity index is 413. The van der Waals surface area contributed by atoms with Gasteiger partial charge in [-0.05, 0) is 38.4 Å². The van der Waals surface area contributed by atoms with Gasteiger partial charge in [-0.1, -0.05) is 23.7 Å². The summed E-state index contributed by atoms with van der Waals surface area (Å²) in [7, 11) is 1.93. The minimum absolute atomic E-state index is 0.240. The molecule has 1 heterocycles. The Balaban J connectivity index is 2.12. The first-order chi connectivity index (χ1) is 8.63. The number of nitrogens with one attached hydrogen (secondary N) is 1. The van der Waals surface area contributed by atoms with E-state index in [1.165, 1.54) is 6.07 Å². The lowest BCUT2D eigenvalue weighted by atomic mass is 9.89. The average molecular weight is 272 g/mol. The third-order valence-electron chi connectivity index (χ3n) is 3.79. The van der Waals surface area contributed by atoms with Crippen molar-refractivity contribution in [3.63, 3.8) is 0 Å². The van der Waals surface area contributed by atoms with E-state index in [4.69, 9.17) is 16.3 Å². The van der Waals surface area contributed by atoms with E-state index in [1.54, 1.807) is 6.07 Å². The summed E-state index contributed by atoms with van der Waals surface area (Å²) in [6.45, 7) is 2.90. The average Bonchev–Trinajstić information content (AvgIpc) is 2.77. The highest BCUT2D eigenvalue weighted by molar-refractivity contribution is 6.31. The van der Waals surface area contributed by atoms with Gasteiger partial charge in [0.25, 0.3) is 0 Å². The van der Waals surface area contributed by atoms with E-state index in [1.807, 2.05) is 13.1 Å². The summed E-state index contributed by atoms with van der Waals surface area (Å²) >= 11 is 6.00. The second kappa shape index (κ2) is 6.00. The van der Waals surface area contributed by atoms with E-state index in [0.717, 1.165) is 25.0 Å². The molecule has 18 heavy (non-hydrogen) atoms. The van der Waals surface area contributed by atoms with Crippen LogP contribution in [0.15, 0.2) is 18.2 Å². The molecule has 3 atom stereocenters. The van der Waals surface area contributed by atoms with Gasteiger partial charge >= 0.3 is 0 Å². The van der Waals surface area contributed by atoms with Crippen molar-refractivity contribution in [2.45, 2.75) is 31.9 Å². The molecule has 0 bridgehead atoms. The molecule has 2 rings (SSSR count). The smallest absolute Gasteiger partial charge is 0.142 e. The molecule has 1 aromatic rings. The van der Waals surface area contributed by atoms with E-state index in [9.17, 15) is 4.39 Å². The predicted octanol–water partition coefficient (Wildman–Crippen LogP) is 3.03. The number of hydrogen-bond donors (Lipinski definition) is 1. The number of halogens is 2. The van der Waals surface area contributed by atoms with E-state index in [-0.39, 0.29) is 23.0 Å². The largest absolute Gasteiger partial charge is 0.378 e. The number of ether oxygens (including phenoxy) is 1. The molecule has 1 aliphatic rings. The maximum absolute atomic E-state index is 13.4. The molecule has 2 nitrogen and oxygen atoms in total. The number of likely N-dealkylation sites (N-methyl/N-ethyl adjacent to an activating group) is 1. The van der Waals surface area contributed by atoms with Gasteiger partial charge in [0.05, 0.1) is 11.1 Å². The van der Waals surface area contributed by atoms with Gasteiger partial charge in [0.2, 0.25) is 0 Å². The van der Waals surface area contributed by atoms with Crippen LogP contribution in [-0.2, 0) is 11.2 Å². The van der Waals surface area contributed by atoms with Crippen LogP contribution >= 0.6 is 11.6 Å². The van der Waals surface area contributed by atoms with Crippen molar-refractivity contribution >= 4 is 11.6 Å². The highest BCUT2D eigenvalue weighted by atomic mass is 35.5. The van der Waals surface area contributed by atoms with Crippen molar-refractivity contribution in [3.8, 4) is 0 Å². The molecule has 0 amide bonds. The lowest BCUT2D eigenvalue weighted by molar-refractivity contribution is 0.0963. The Morgan fingerprint density at radius 2 is 2.33 bits per heavy atom. The fourth-order valence-corrected chi connectivity index (χ4v) is 2.89. The molecule has 1 fully saturated rings. The van der Waals surface area contributed by atoms with Crippen LogP contribution in [-0.4, -0.2) is 25.8 Å². The van der Waals surface area contributed by atoms with Crippen LogP contribution in [0.1, 0.15) is 18.9 Å². The van der Waals surface area contributed by atoms with Crippen molar-refractivity contribution < 1.29 is 9.13 Å². The Morgan fingerprint density at radius 3 is 2.94 bits per heavy atom. The molecular weight excluding hydrogens is 253 g/mol. The fraction of sp³-hybridized carbons (Fsp3) is 0.571. The van der Waals surface area contributed by atoms with Crippen molar-refractivity contribution in [1.82, 2.24) is 5.32 Å². The van der Waals surface area contributed by atoms with E-state index >= 15 is 0 Å². The summed E-state index contributed by atoms with van der Waals surface area (Å²) in [5.74, 6) is 0.106. The van der Waals surface area contributed by atoms with Gasteiger partial charge in [-0.3, -0.25) is 0 Å². The topological polar surface area (TPSA) is 21.3 Å². The monoisotopic (exact) mass is 271 g/mol. The molecule has 0 aromatic heterocycles. The van der Waals surface area contributed by atoms with Crippen LogP contribution in [0.25, 0.3) is 0 Å². The molecule has 0 aliphatic carbocycles. The third-order valence-corrected chi connectivity index (χ3v) is 4.22. The summed E-state index contributed by atoms with van der Waals surface area (Å²) in [5, 5.41) is 3.55. The van der Waals surface area contributed by atoms with Gasteiger partial charge in [-0.2, -0.15) is 0 Å². The summed E-state index contributed by atoms with van der Waals surface area (Å²) in [6, 6.07) is 5.25. The summed E-state index contributed by atoms with van der Waals surface area (Å²) < 4.78 is 19.0. The first-order valence-electron chi connectivity index (χ1n) is 6.35. The number of hydrogen-bond acceptors (Lipinski definition) is 2. The van der Waals surface area contributed by atoms with Gasteiger partial charge in [-0.25, -0.2) is 4.39 Å². The Morgan fingerprint density at radius 1 is 1.56 bits per heavy atom. The van der Waals surface area contributed by atoms with Crippen molar-refractivity contribution in [3.05, 3.63) is 34.6 Å². The van der Waals surface area contributed by atoms with Crippen molar-refractivity contribution in [1.29, 1.82) is 0 Å². The Labute approximate surface area is 112 Å². The molecule has 1 N–H and O–H groups in total. The Kier molecular flexibility index (Phi) is 4.60. The Hall–Kier alpha value is -0.640. The van der Waals surface area contributed by atoms with Crippen LogP contribution in [0, 0.1) is 11.7 Å². The van der Waals surface area contributed by atoms with Gasteiger partial charge in [0.1, 0.15) is 5.82 Å². The van der Waals surface area contributed by atoms with Crippen molar-refractivity contribution in [2.75, 3.05) is 13.7 Å². The molecular formula is C14H19ClFNO. The minimum Gasteiger partial charge on any atom is -0.378 e. The molecule has 0 saturated carbocycles. The maximum Gasteiger partial charge on any atom is 0.142 e. The number of rotatable bonds is 4. The van der Waals surface area contributed by atoms with Crippen molar-refractivity contribution in [2.24, 2.45) is 5.92 Å². The summed E-state index contributed by atoms with van der Waals surface area (Å²) in [6.07, 6.45) is 2.01. The van der Waals surface area contributed by atoms with Crippen LogP contribution in [0.3, 0.4) is 0 Å². The second-order valence-corrected chi connectivity index (χ2v) is 5.22. The zero-order valence-corrected chi connectivity index (χ0v) is 11.5. The van der Waals surface area contributed by atoms with Gasteiger partial charge in [0, 0.05) is 18.6 Å². The summed E-state index contributed by atoms with van der Waals surface area (Å²) in [5.41, 5.74) is 0.857. The van der Waals surface area contributed by atoms with Gasteiger partial charge in [-0.15, -0.1) is 0 Å². The van der Waals surface area contributed by atoms with Crippen LogP contribution in [0.2, 0.25) is 5.02 Å². The minimum atomic E-state index is -0.347. The molecule has 3 unspecified atom stereocenters.